The number of nitrogens with one attached hydrogen (secondary N) is 2. The van der Waals surface area contributed by atoms with Crippen molar-refractivity contribution in [3.8, 4) is 11.3 Å². The minimum Gasteiger partial charge on any atom is -0.308 e. The highest BCUT2D eigenvalue weighted by Crippen LogP contribution is 2.27. The Morgan fingerprint density at radius 1 is 0.966 bits per heavy atom. The van der Waals surface area contributed by atoms with Crippen LogP contribution in [0.25, 0.3) is 22.0 Å². The molecule has 0 saturated heterocycles. The first-order valence-electron chi connectivity index (χ1n) is 8.52. The Hall–Kier alpha value is -2.51. The molecule has 0 saturated carbocycles. The fourth-order valence-electron chi connectivity index (χ4n) is 2.85. The molecule has 4 nitrogen and oxygen atoms in total. The highest BCUT2D eigenvalue weighted by atomic mass is 35.5. The molecule has 0 radical (unpaired) electrons. The summed E-state index contributed by atoms with van der Waals surface area (Å²) >= 11 is 18.8. The van der Waals surface area contributed by atoms with Crippen molar-refractivity contribution in [1.82, 2.24) is 10.3 Å². The minimum atomic E-state index is -0.315. The first-order valence-corrected chi connectivity index (χ1v) is 10.6. The van der Waals surface area contributed by atoms with Crippen LogP contribution in [0, 0.1) is 0 Å². The molecule has 0 bridgehead atoms. The molecule has 29 heavy (non-hydrogen) atoms. The van der Waals surface area contributed by atoms with Gasteiger partial charge in [-0.3, -0.25) is 10.1 Å². The van der Waals surface area contributed by atoms with E-state index in [-0.39, 0.29) is 11.0 Å². The summed E-state index contributed by atoms with van der Waals surface area (Å²) < 4.78 is 0. The van der Waals surface area contributed by atoms with Gasteiger partial charge >= 0.3 is 0 Å². The number of thiocarbonyl (C=S) groups is 1. The van der Waals surface area contributed by atoms with Gasteiger partial charge in [-0.15, -0.1) is 11.3 Å². The number of carbonyl (C=O) groups is 1. The van der Waals surface area contributed by atoms with Gasteiger partial charge in [-0.25, -0.2) is 4.98 Å². The Morgan fingerprint density at radius 2 is 1.69 bits per heavy atom. The highest BCUT2D eigenvalue weighted by Gasteiger charge is 2.13. The van der Waals surface area contributed by atoms with E-state index in [9.17, 15) is 4.79 Å². The molecule has 8 heteroatoms. The molecular formula is C21H13Cl2N3OS2. The van der Waals surface area contributed by atoms with Crippen molar-refractivity contribution >= 4 is 73.7 Å². The van der Waals surface area contributed by atoms with E-state index in [2.05, 4.69) is 15.6 Å². The third-order valence-electron chi connectivity index (χ3n) is 4.21. The lowest BCUT2D eigenvalue weighted by molar-refractivity contribution is 0.0979. The number of carbonyl (C=O) groups excluding carboxylic acids is 1. The molecule has 4 aromatic rings. The lowest BCUT2D eigenvalue weighted by Gasteiger charge is -2.10. The Labute approximate surface area is 186 Å². The highest BCUT2D eigenvalue weighted by molar-refractivity contribution is 7.80. The van der Waals surface area contributed by atoms with Gasteiger partial charge in [0.1, 0.15) is 0 Å². The molecule has 0 fully saturated rings. The zero-order valence-corrected chi connectivity index (χ0v) is 17.9. The molecule has 4 rings (SSSR count). The number of thiazole rings is 1. The first kappa shape index (κ1) is 19.8. The van der Waals surface area contributed by atoms with E-state index in [0.717, 1.165) is 22.0 Å². The molecule has 2 N–H and O–H groups in total. The number of aromatic nitrogens is 1. The maximum absolute atomic E-state index is 12.7. The standard InChI is InChI=1S/C21H13Cl2N3OS2/c22-13-9-7-12(8-10-13)18-11-29-21(24-18)26-20(28)25-19(27)16-5-1-4-15-14(16)3-2-6-17(15)23/h1-11H,(H2,24,25,26,27,28). The number of amides is 1. The number of benzene rings is 3. The van der Waals surface area contributed by atoms with Crippen LogP contribution < -0.4 is 10.6 Å². The SMILES string of the molecule is O=C(NC(=S)Nc1nc(-c2ccc(Cl)cc2)cs1)c1cccc2c(Cl)cccc12. The molecule has 3 aromatic carbocycles. The predicted octanol–water partition coefficient (Wildman–Crippen LogP) is 6.40. The average molecular weight is 458 g/mol. The second kappa shape index (κ2) is 8.47. The smallest absolute Gasteiger partial charge is 0.258 e. The zero-order valence-electron chi connectivity index (χ0n) is 14.8. The lowest BCUT2D eigenvalue weighted by Crippen LogP contribution is -2.34. The summed E-state index contributed by atoms with van der Waals surface area (Å²) in [5.41, 5.74) is 2.24. The van der Waals surface area contributed by atoms with Gasteiger partial charge in [-0.2, -0.15) is 0 Å². The largest absolute Gasteiger partial charge is 0.308 e. The van der Waals surface area contributed by atoms with Gasteiger partial charge in [-0.1, -0.05) is 59.6 Å². The lowest BCUT2D eigenvalue weighted by atomic mass is 10.0. The van der Waals surface area contributed by atoms with Crippen LogP contribution in [0.4, 0.5) is 5.13 Å². The molecule has 0 aliphatic rings. The summed E-state index contributed by atoms with van der Waals surface area (Å²) in [5, 5.41) is 11.2. The van der Waals surface area contributed by atoms with Crippen molar-refractivity contribution in [2.24, 2.45) is 0 Å². The molecule has 0 aliphatic heterocycles. The van der Waals surface area contributed by atoms with Gasteiger partial charge in [0, 0.05) is 31.9 Å². The van der Waals surface area contributed by atoms with Gasteiger partial charge in [0.2, 0.25) is 0 Å². The van der Waals surface area contributed by atoms with E-state index in [4.69, 9.17) is 35.4 Å². The third-order valence-corrected chi connectivity index (χ3v) is 5.75. The number of halogens is 2. The Bertz CT molecular complexity index is 1220. The molecule has 1 heterocycles. The van der Waals surface area contributed by atoms with E-state index in [1.807, 2.05) is 47.8 Å². The van der Waals surface area contributed by atoms with Crippen molar-refractivity contribution in [1.29, 1.82) is 0 Å². The van der Waals surface area contributed by atoms with Crippen molar-refractivity contribution in [2.75, 3.05) is 5.32 Å². The van der Waals surface area contributed by atoms with E-state index in [1.54, 1.807) is 18.2 Å². The summed E-state index contributed by atoms with van der Waals surface area (Å²) in [6.07, 6.45) is 0. The van der Waals surface area contributed by atoms with Crippen molar-refractivity contribution in [3.63, 3.8) is 0 Å². The summed E-state index contributed by atoms with van der Waals surface area (Å²) in [7, 11) is 0. The number of fused-ring (bicyclic) bond motifs is 1. The normalized spacial score (nSPS) is 10.7. The van der Waals surface area contributed by atoms with Crippen LogP contribution in [-0.2, 0) is 0 Å². The van der Waals surface area contributed by atoms with E-state index >= 15 is 0 Å². The maximum Gasteiger partial charge on any atom is 0.258 e. The quantitative estimate of drug-likeness (QED) is 0.349. The number of hydrogen-bond acceptors (Lipinski definition) is 4. The molecule has 0 spiro atoms. The van der Waals surface area contributed by atoms with Gasteiger partial charge in [0.25, 0.3) is 5.91 Å². The number of nitrogens with zero attached hydrogens (tertiary/aromatic N) is 1. The molecule has 1 amide bonds. The number of anilines is 1. The van der Waals surface area contributed by atoms with Crippen molar-refractivity contribution in [2.45, 2.75) is 0 Å². The zero-order chi connectivity index (χ0) is 20.4. The van der Waals surface area contributed by atoms with Crippen LogP contribution in [0.2, 0.25) is 10.0 Å². The average Bonchev–Trinajstić information content (AvgIpc) is 3.16. The second-order valence-corrected chi connectivity index (χ2v) is 8.20. The third kappa shape index (κ3) is 4.41. The van der Waals surface area contributed by atoms with Gasteiger partial charge < -0.3 is 5.32 Å². The van der Waals surface area contributed by atoms with E-state index in [1.165, 1.54) is 11.3 Å². The van der Waals surface area contributed by atoms with Gasteiger partial charge in [0.15, 0.2) is 10.2 Å². The molecule has 1 aromatic heterocycles. The van der Waals surface area contributed by atoms with Gasteiger partial charge in [0.05, 0.1) is 5.69 Å². The maximum atomic E-state index is 12.7. The molecule has 0 aliphatic carbocycles. The molecule has 0 atom stereocenters. The summed E-state index contributed by atoms with van der Waals surface area (Å²) in [4.78, 5) is 17.2. The summed E-state index contributed by atoms with van der Waals surface area (Å²) in [6, 6.07) is 18.3. The summed E-state index contributed by atoms with van der Waals surface area (Å²) in [5.74, 6) is -0.315. The minimum absolute atomic E-state index is 0.172. The Morgan fingerprint density at radius 3 is 2.48 bits per heavy atom. The van der Waals surface area contributed by atoms with Crippen LogP contribution in [0.3, 0.4) is 0 Å². The molecule has 0 unspecified atom stereocenters. The van der Waals surface area contributed by atoms with Crippen LogP contribution in [0.1, 0.15) is 10.4 Å². The predicted molar refractivity (Wildman–Crippen MR) is 125 cm³/mol. The van der Waals surface area contributed by atoms with E-state index in [0.29, 0.717) is 20.7 Å². The van der Waals surface area contributed by atoms with Crippen molar-refractivity contribution in [3.05, 3.63) is 81.7 Å². The second-order valence-electron chi connectivity index (χ2n) is 6.09. The fraction of sp³-hybridized carbons (Fsp3) is 0. The van der Waals surface area contributed by atoms with Crippen LogP contribution in [-0.4, -0.2) is 16.0 Å². The van der Waals surface area contributed by atoms with Crippen molar-refractivity contribution < 1.29 is 4.79 Å². The number of hydrogen-bond donors (Lipinski definition) is 2. The van der Waals surface area contributed by atoms with Crippen LogP contribution in [0.15, 0.2) is 66.0 Å². The molecule has 144 valence electrons. The Kier molecular flexibility index (Phi) is 5.78. The molecular weight excluding hydrogens is 445 g/mol. The van der Waals surface area contributed by atoms with E-state index < -0.39 is 0 Å². The van der Waals surface area contributed by atoms with Crippen LogP contribution >= 0.6 is 46.8 Å². The Balaban J connectivity index is 1.47. The summed E-state index contributed by atoms with van der Waals surface area (Å²) in [6.45, 7) is 0. The fourth-order valence-corrected chi connectivity index (χ4v) is 4.19. The number of rotatable bonds is 3. The first-order chi connectivity index (χ1) is 14.0. The van der Waals surface area contributed by atoms with Crippen LogP contribution in [0.5, 0.6) is 0 Å². The topological polar surface area (TPSA) is 54.0 Å². The monoisotopic (exact) mass is 457 g/mol. The van der Waals surface area contributed by atoms with Gasteiger partial charge in [-0.05, 0) is 41.9 Å².